The first-order chi connectivity index (χ1) is 24.8. The molecule has 0 fully saturated rings. The van der Waals surface area contributed by atoms with Crippen LogP contribution in [0.1, 0.15) is 64.5 Å². The third-order valence-corrected chi connectivity index (χ3v) is 14.5. The largest absolute Gasteiger partial charge is 0.512 e. The molecule has 6 rings (SSSR count). The first-order valence-corrected chi connectivity index (χ1v) is 22.2. The SMILES string of the molecule is CCC(CC)C(=O)/C=C(\O)C(CC)CC.C[Si](C)(Cc1cc(-c2nccc3c2sc2c(C(F)(F)F)cccc23)[c-]c2ccccc12)c1ccccc1.[Ir]. The Hall–Kier alpha value is -3.62. The number of alkyl halides is 3. The van der Waals surface area contributed by atoms with Crippen molar-refractivity contribution in [2.45, 2.75) is 78.7 Å². The molecule has 281 valence electrons. The summed E-state index contributed by atoms with van der Waals surface area (Å²) in [6.07, 6.45) is 2.18. The van der Waals surface area contributed by atoms with E-state index >= 15 is 0 Å². The van der Waals surface area contributed by atoms with Crippen LogP contribution in [0.4, 0.5) is 13.2 Å². The maximum absolute atomic E-state index is 13.8. The third-order valence-electron chi connectivity index (χ3n) is 10.1. The molecule has 0 bridgehead atoms. The minimum Gasteiger partial charge on any atom is -0.512 e. The topological polar surface area (TPSA) is 50.2 Å². The van der Waals surface area contributed by atoms with E-state index in [-0.39, 0.29) is 48.2 Å². The molecule has 4 aromatic carbocycles. The molecule has 2 heterocycles. The average molecular weight is 931 g/mol. The number of nitrogens with zero attached hydrogens (tertiary/aromatic N) is 1. The third kappa shape index (κ3) is 9.55. The van der Waals surface area contributed by atoms with E-state index in [1.807, 2.05) is 58.0 Å². The molecule has 0 amide bonds. The van der Waals surface area contributed by atoms with Gasteiger partial charge in [-0.1, -0.05) is 118 Å². The van der Waals surface area contributed by atoms with Gasteiger partial charge in [0.1, 0.15) is 0 Å². The minimum atomic E-state index is -4.41. The molecule has 1 radical (unpaired) electrons. The van der Waals surface area contributed by atoms with Gasteiger partial charge in [0.2, 0.25) is 0 Å². The molecular weight excluding hydrogens is 884 g/mol. The summed E-state index contributed by atoms with van der Waals surface area (Å²) in [5.74, 6) is 0.547. The van der Waals surface area contributed by atoms with Crippen LogP contribution < -0.4 is 5.19 Å². The van der Waals surface area contributed by atoms with Crippen molar-refractivity contribution in [3.63, 3.8) is 0 Å². The molecule has 2 aromatic heterocycles. The number of aliphatic hydroxyl groups excluding tert-OH is 1. The number of rotatable bonds is 11. The van der Waals surface area contributed by atoms with Gasteiger partial charge in [-0.25, -0.2) is 0 Å². The Labute approximate surface area is 329 Å². The number of hydrogen-bond acceptors (Lipinski definition) is 4. The number of aliphatic hydroxyl groups is 1. The van der Waals surface area contributed by atoms with Crippen molar-refractivity contribution in [3.8, 4) is 11.3 Å². The standard InChI is InChI=1S/C31H23F3NSSi.C13H24O2.Ir/c1-37(2,23-10-4-3-5-11-23)19-22-18-21(17-20-9-6-7-12-24(20)22)28-30-26(15-16-35-28)25-13-8-14-27(29(25)36-30)31(32,33)34;1-5-10(6-2)12(14)9-13(15)11(7-3)8-4;/h3-16,18H,19H2,1-2H3;9-11,14H,5-8H2,1-4H3;/q-1;;/b;12-9-;. The van der Waals surface area contributed by atoms with Gasteiger partial charge in [0.25, 0.3) is 0 Å². The normalized spacial score (nSPS) is 12.3. The molecule has 0 unspecified atom stereocenters. The fraction of sp³-hybridized carbons (Fsp3) is 0.318. The van der Waals surface area contributed by atoms with Crippen LogP contribution in [0.3, 0.4) is 0 Å². The van der Waals surface area contributed by atoms with Crippen molar-refractivity contribution in [2.24, 2.45) is 11.8 Å². The number of fused-ring (bicyclic) bond motifs is 4. The Morgan fingerprint density at radius 1 is 0.830 bits per heavy atom. The maximum Gasteiger partial charge on any atom is 0.417 e. The van der Waals surface area contributed by atoms with Gasteiger partial charge in [0.05, 0.1) is 19.4 Å². The number of ketones is 1. The summed E-state index contributed by atoms with van der Waals surface area (Å²) in [5, 5.41) is 14.7. The van der Waals surface area contributed by atoms with Gasteiger partial charge in [-0.3, -0.25) is 9.78 Å². The van der Waals surface area contributed by atoms with Gasteiger partial charge >= 0.3 is 6.18 Å². The number of aromatic nitrogens is 1. The quantitative estimate of drug-likeness (QED) is 0.0609. The van der Waals surface area contributed by atoms with Crippen LogP contribution in [0.2, 0.25) is 13.1 Å². The minimum absolute atomic E-state index is 0. The number of halogens is 3. The molecule has 1 N–H and O–H groups in total. The Morgan fingerprint density at radius 2 is 1.43 bits per heavy atom. The van der Waals surface area contributed by atoms with Crippen molar-refractivity contribution in [3.05, 3.63) is 120 Å². The molecule has 0 aliphatic heterocycles. The van der Waals surface area contributed by atoms with E-state index in [4.69, 9.17) is 0 Å². The van der Waals surface area contributed by atoms with Crippen molar-refractivity contribution in [2.75, 3.05) is 0 Å². The van der Waals surface area contributed by atoms with E-state index in [9.17, 15) is 23.1 Å². The Kier molecular flexibility index (Phi) is 14.4. The van der Waals surface area contributed by atoms with Crippen LogP contribution in [0.15, 0.2) is 103 Å². The van der Waals surface area contributed by atoms with Gasteiger partial charge < -0.3 is 5.11 Å². The van der Waals surface area contributed by atoms with E-state index in [2.05, 4.69) is 60.5 Å². The molecule has 0 spiro atoms. The molecule has 0 saturated carbocycles. The average Bonchev–Trinajstić information content (AvgIpc) is 3.52. The zero-order valence-electron chi connectivity index (χ0n) is 31.1. The second-order valence-electron chi connectivity index (χ2n) is 14.0. The van der Waals surface area contributed by atoms with E-state index in [1.165, 1.54) is 22.9 Å². The number of carbonyl (C=O) groups excluding carboxylic acids is 1. The second-order valence-corrected chi connectivity index (χ2v) is 19.7. The van der Waals surface area contributed by atoms with Crippen molar-refractivity contribution in [1.29, 1.82) is 0 Å². The van der Waals surface area contributed by atoms with Gasteiger partial charge in [0.15, 0.2) is 5.78 Å². The smallest absolute Gasteiger partial charge is 0.417 e. The fourth-order valence-corrected chi connectivity index (χ4v) is 10.8. The molecule has 0 aliphatic carbocycles. The molecule has 53 heavy (non-hydrogen) atoms. The van der Waals surface area contributed by atoms with Crippen LogP contribution >= 0.6 is 11.3 Å². The second kappa shape index (κ2) is 18.1. The molecular formula is C44H47F3IrNO2SSi-. The first-order valence-electron chi connectivity index (χ1n) is 18.1. The van der Waals surface area contributed by atoms with E-state index in [0.717, 1.165) is 75.6 Å². The van der Waals surface area contributed by atoms with Crippen LogP contribution in [-0.2, 0) is 37.1 Å². The maximum atomic E-state index is 13.8. The number of allylic oxidation sites excluding steroid dienone is 2. The number of carbonyl (C=O) groups is 1. The van der Waals surface area contributed by atoms with Crippen molar-refractivity contribution >= 4 is 61.3 Å². The molecule has 0 atom stereocenters. The molecule has 0 aliphatic rings. The van der Waals surface area contributed by atoms with Crippen LogP contribution in [0, 0.1) is 17.9 Å². The molecule has 3 nitrogen and oxygen atoms in total. The van der Waals surface area contributed by atoms with E-state index in [1.54, 1.807) is 12.3 Å². The number of thiophene rings is 1. The zero-order chi connectivity index (χ0) is 37.6. The van der Waals surface area contributed by atoms with Gasteiger partial charge in [-0.15, -0.1) is 40.5 Å². The number of benzene rings is 4. The van der Waals surface area contributed by atoms with Crippen LogP contribution in [0.25, 0.3) is 42.2 Å². The van der Waals surface area contributed by atoms with Crippen LogP contribution in [0.5, 0.6) is 0 Å². The first kappa shape index (κ1) is 42.1. The van der Waals surface area contributed by atoms with Gasteiger partial charge in [0, 0.05) is 64.7 Å². The van der Waals surface area contributed by atoms with Crippen molar-refractivity contribution < 1.29 is 43.2 Å². The molecule has 9 heteroatoms. The summed E-state index contributed by atoms with van der Waals surface area (Å²) in [5.41, 5.74) is 2.12. The Bertz CT molecular complexity index is 2190. The summed E-state index contributed by atoms with van der Waals surface area (Å²) >= 11 is 1.16. The summed E-state index contributed by atoms with van der Waals surface area (Å²) in [4.78, 5) is 16.4. The Morgan fingerprint density at radius 3 is 2.08 bits per heavy atom. The van der Waals surface area contributed by atoms with Gasteiger partial charge in [-0.2, -0.15) is 13.2 Å². The Balaban J connectivity index is 0.000000335. The molecule has 0 saturated heterocycles. The summed E-state index contributed by atoms with van der Waals surface area (Å²) in [7, 11) is -1.83. The summed E-state index contributed by atoms with van der Waals surface area (Å²) < 4.78 is 42.4. The fourth-order valence-electron chi connectivity index (χ4n) is 6.97. The zero-order valence-corrected chi connectivity index (χ0v) is 35.3. The van der Waals surface area contributed by atoms with E-state index < -0.39 is 19.8 Å². The summed E-state index contributed by atoms with van der Waals surface area (Å²) in [6, 6.07) is 31.7. The number of pyridine rings is 1. The predicted molar refractivity (Wildman–Crippen MR) is 215 cm³/mol. The monoisotopic (exact) mass is 931 g/mol. The summed E-state index contributed by atoms with van der Waals surface area (Å²) in [6.45, 7) is 12.8. The van der Waals surface area contributed by atoms with Crippen molar-refractivity contribution in [1.82, 2.24) is 4.98 Å². The van der Waals surface area contributed by atoms with E-state index in [0.29, 0.717) is 11.1 Å². The van der Waals surface area contributed by atoms with Gasteiger partial charge in [-0.05, 0) is 49.2 Å². The number of hydrogen-bond donors (Lipinski definition) is 1. The molecule has 6 aromatic rings. The predicted octanol–water partition coefficient (Wildman–Crippen LogP) is 12.7. The van der Waals surface area contributed by atoms with Crippen LogP contribution in [-0.4, -0.2) is 23.9 Å².